The summed E-state index contributed by atoms with van der Waals surface area (Å²) in [6.45, 7) is 15.4. The molecule has 9 atom stereocenters. The first-order valence-electron chi connectivity index (χ1n) is 41.4. The van der Waals surface area contributed by atoms with Crippen LogP contribution in [0.3, 0.4) is 0 Å². The molecule has 0 saturated heterocycles. The van der Waals surface area contributed by atoms with Crippen molar-refractivity contribution in [2.45, 2.75) is 280 Å². The number of benzene rings is 3. The number of aliphatic hydroxyl groups excluding tert-OH is 3. The molecule has 2 fully saturated rings. The van der Waals surface area contributed by atoms with Crippen molar-refractivity contribution < 1.29 is 115 Å². The van der Waals surface area contributed by atoms with E-state index in [4.69, 9.17) is 31.9 Å². The van der Waals surface area contributed by atoms with Gasteiger partial charge in [-0.15, -0.1) is 0 Å². The molecular formula is C82H129F6N11O19S3. The molecule has 0 aliphatic heterocycles. The third kappa shape index (κ3) is 40.0. The Bertz CT molecular complexity index is 4080. The second-order valence-corrected chi connectivity index (χ2v) is 38.4. The lowest BCUT2D eigenvalue weighted by Gasteiger charge is -2.32. The van der Waals surface area contributed by atoms with E-state index < -0.39 is 188 Å². The zero-order valence-corrected chi connectivity index (χ0v) is 73.6. The molecule has 0 unspecified atom stereocenters. The van der Waals surface area contributed by atoms with Crippen LogP contribution in [0.4, 0.5) is 40.7 Å². The number of hydrogen-bond donors (Lipinski definition) is 10. The fraction of sp³-hybridized carbons (Fsp3) is 0.683. The fourth-order valence-corrected chi connectivity index (χ4v) is 20.0. The summed E-state index contributed by atoms with van der Waals surface area (Å²) < 4.78 is 176. The molecule has 0 radical (unpaired) electrons. The molecular weight excluding hydrogens is 1650 g/mol. The van der Waals surface area contributed by atoms with Gasteiger partial charge >= 0.3 is 18.3 Å². The number of hydrogen-bond acceptors (Lipinski definition) is 23. The Labute approximate surface area is 709 Å². The maximum absolute atomic E-state index is 13.8. The largest absolute Gasteiger partial charge is 0.453 e. The van der Waals surface area contributed by atoms with Crippen LogP contribution >= 0.6 is 0 Å². The molecule has 30 nitrogen and oxygen atoms in total. The maximum atomic E-state index is 13.8. The van der Waals surface area contributed by atoms with Crippen LogP contribution in [0.1, 0.15) is 195 Å². The lowest BCUT2D eigenvalue weighted by atomic mass is 10.0. The van der Waals surface area contributed by atoms with Gasteiger partial charge in [0, 0.05) is 81.5 Å². The van der Waals surface area contributed by atoms with E-state index in [1.165, 1.54) is 21.6 Å². The third-order valence-corrected chi connectivity index (χ3v) is 27.0. The Morgan fingerprint density at radius 2 is 0.777 bits per heavy atom. The van der Waals surface area contributed by atoms with E-state index in [2.05, 4.69) is 26.0 Å². The van der Waals surface area contributed by atoms with Crippen molar-refractivity contribution in [2.75, 3.05) is 70.3 Å². The number of carbonyl (C=O) groups is 7. The van der Waals surface area contributed by atoms with Gasteiger partial charge in [-0.05, 0) is 149 Å². The Kier molecular flexibility index (Phi) is 47.8. The van der Waals surface area contributed by atoms with Gasteiger partial charge < -0.3 is 82.7 Å². The van der Waals surface area contributed by atoms with Crippen LogP contribution in [-0.2, 0) is 82.2 Å². The summed E-state index contributed by atoms with van der Waals surface area (Å²) in [5.74, 6) is -8.89. The molecule has 2 saturated carbocycles. The molecule has 0 bridgehead atoms. The smallest absolute Gasteiger partial charge is 0.407 e. The predicted octanol–water partition coefficient (Wildman–Crippen LogP) is 7.56. The summed E-state index contributed by atoms with van der Waals surface area (Å²) in [6, 6.07) is 2.65. The van der Waals surface area contributed by atoms with Gasteiger partial charge in [0.05, 0.1) is 77.5 Å². The van der Waals surface area contributed by atoms with Crippen LogP contribution in [0.25, 0.3) is 0 Å². The van der Waals surface area contributed by atoms with Crippen LogP contribution in [0, 0.1) is 52.2 Å². The van der Waals surface area contributed by atoms with Crippen molar-refractivity contribution in [2.24, 2.45) is 23.1 Å². The summed E-state index contributed by atoms with van der Waals surface area (Å²) in [6.07, 6.45) is 2.03. The van der Waals surface area contributed by atoms with E-state index >= 15 is 0 Å². The second-order valence-electron chi connectivity index (χ2n) is 31.4. The van der Waals surface area contributed by atoms with Gasteiger partial charge in [-0.25, -0.2) is 66.0 Å². The van der Waals surface area contributed by atoms with Gasteiger partial charge in [-0.3, -0.25) is 19.2 Å². The summed E-state index contributed by atoms with van der Waals surface area (Å²) in [5, 5.41) is 48.7. The first-order valence-corrected chi connectivity index (χ1v) is 46.6. The van der Waals surface area contributed by atoms with Gasteiger partial charge in [0.1, 0.15) is 66.2 Å². The van der Waals surface area contributed by atoms with E-state index in [9.17, 15) is 100 Å². The quantitative estimate of drug-likeness (QED) is 0.0148. The normalized spacial score (nSPS) is 15.1. The van der Waals surface area contributed by atoms with Crippen molar-refractivity contribution in [1.29, 1.82) is 5.26 Å². The van der Waals surface area contributed by atoms with Crippen LogP contribution in [0.15, 0.2) is 54.6 Å². The third-order valence-electron chi connectivity index (χ3n) is 20.2. The average Bonchev–Trinajstić information content (AvgIpc) is 1.66. The van der Waals surface area contributed by atoms with E-state index in [1.807, 2.05) is 61.5 Å². The lowest BCUT2D eigenvalue weighted by molar-refractivity contribution is -0.135. The van der Waals surface area contributed by atoms with Crippen molar-refractivity contribution in [3.05, 3.63) is 106 Å². The number of rotatable bonds is 52. The van der Waals surface area contributed by atoms with Crippen LogP contribution in [0.2, 0.25) is 0 Å². The predicted molar refractivity (Wildman–Crippen MR) is 445 cm³/mol. The van der Waals surface area contributed by atoms with Crippen molar-refractivity contribution in [3.63, 3.8) is 0 Å². The van der Waals surface area contributed by atoms with Crippen molar-refractivity contribution in [3.8, 4) is 6.07 Å². The Morgan fingerprint density at radius 1 is 0.479 bits per heavy atom. The number of sulfone groups is 3. The number of halogens is 6. The number of amides is 7. The van der Waals surface area contributed by atoms with E-state index in [0.29, 0.717) is 109 Å². The van der Waals surface area contributed by atoms with Crippen molar-refractivity contribution >= 4 is 71.4 Å². The molecule has 39 heteroatoms. The van der Waals surface area contributed by atoms with E-state index in [0.717, 1.165) is 61.7 Å². The minimum atomic E-state index is -3.84. The van der Waals surface area contributed by atoms with Crippen LogP contribution in [0.5, 0.6) is 0 Å². The first-order chi connectivity index (χ1) is 56.9. The second kappa shape index (κ2) is 53.9. The Morgan fingerprint density at radius 3 is 1.06 bits per heavy atom. The molecule has 13 N–H and O–H groups in total. The highest BCUT2D eigenvalue weighted by molar-refractivity contribution is 7.92. The van der Waals surface area contributed by atoms with Gasteiger partial charge in [0.2, 0.25) is 23.6 Å². The minimum absolute atomic E-state index is 0.0300. The average molecular weight is 1780 g/mol. The molecule has 3 aromatic rings. The first kappa shape index (κ1) is 107. The molecule has 686 valence electrons. The standard InChI is InChI=1S/C28H44F2N4O7S.C27H40F2N4O6S.C27H45F2N3O6S/c1-4-6-23(7-5-2)42(39,40)17-25(33-28(38)41-11-10-32-18(3)35)27(37)34(22-8-9-22)16-26(36)24(31)14-19-12-20(29)15-21(30)13-19;1-3-6-22(7-4-2)40(37,38)17-24(32-27(36)39-11-5-10-30)26(35)33(21-8-9-21)16-25(34)23(31)14-18-12-19(28)15-20(29)13-18;1-6-8-22(9-7-2)39(36,37)17-24(31-27(35)38-5)26(34)32(11-10-18(3)4)16-25(33)23(30)14-19-12-20(28)15-21(29)13-19/h12-13,15,22-26,36H,4-11,14,16-17,31H2,1-3H3,(H,32,35)(H,33,38);12-13,15,21-25,34H,3-9,11,14,16-17,31H2,1-2H3,(H,32,36);12-13,15,18,22-25,33H,6-11,14,16-17,30H2,1-5H3,(H,31,35)/t24-,25+,26+;2*23-,24+,25+/m000/s1. The fourth-order valence-electron chi connectivity index (χ4n) is 13.6. The van der Waals surface area contributed by atoms with Gasteiger partial charge in [0.25, 0.3) is 0 Å². The molecule has 5 rings (SSSR count). The maximum Gasteiger partial charge on any atom is 0.407 e. The molecule has 0 heterocycles. The molecule has 0 aromatic heterocycles. The highest BCUT2D eigenvalue weighted by Gasteiger charge is 2.44. The molecule has 2 aliphatic carbocycles. The number of nitrogens with one attached hydrogen (secondary N) is 4. The van der Waals surface area contributed by atoms with Crippen LogP contribution < -0.4 is 38.5 Å². The number of methoxy groups -OCH3 is 1. The SMILES string of the molecule is CCCC(CCC)S(=O)(=O)C[C@@H](NC(=O)OC)C(=O)N(CCC(C)C)C[C@@H](O)[C@@H](N)Cc1cc(F)cc(F)c1.CCCC(CCC)S(=O)(=O)C[C@@H](NC(=O)OCCC#N)C(=O)N(C[C@@H](O)[C@@H](N)Cc1cc(F)cc(F)c1)C1CC1.CCCC(CCC)S(=O)(=O)C[C@@H](NC(=O)OCCNC(C)=O)C(=O)N(C[C@@H](O)[C@@H](N)Cc1cc(F)cc(F)c1)C1CC1. The van der Waals surface area contributed by atoms with Gasteiger partial charge in [-0.2, -0.15) is 5.26 Å². The molecule has 0 spiro atoms. The summed E-state index contributed by atoms with van der Waals surface area (Å²) >= 11 is 0. The summed E-state index contributed by atoms with van der Waals surface area (Å²) in [7, 11) is -10.3. The van der Waals surface area contributed by atoms with Crippen LogP contribution in [-0.4, -0.2) is 250 Å². The molecule has 7 amide bonds. The zero-order chi connectivity index (χ0) is 91.1. The highest BCUT2D eigenvalue weighted by atomic mass is 32.2. The van der Waals surface area contributed by atoms with E-state index in [-0.39, 0.29) is 112 Å². The van der Waals surface area contributed by atoms with E-state index in [1.54, 1.807) is 0 Å². The van der Waals surface area contributed by atoms with Crippen molar-refractivity contribution in [1.82, 2.24) is 36.0 Å². The van der Waals surface area contributed by atoms with Gasteiger partial charge in [-0.1, -0.05) is 93.9 Å². The molecule has 121 heavy (non-hydrogen) atoms. The zero-order valence-electron chi connectivity index (χ0n) is 71.2. The van der Waals surface area contributed by atoms with Gasteiger partial charge in [0.15, 0.2) is 29.5 Å². The highest BCUT2D eigenvalue weighted by Crippen LogP contribution is 2.31. The summed E-state index contributed by atoms with van der Waals surface area (Å²) in [5.41, 5.74) is 19.1. The number of ether oxygens (including phenoxy) is 3. The molecule has 2 aliphatic rings. The number of aliphatic hydroxyl groups is 3. The Hall–Kier alpha value is -7.97. The topological polar surface area (TPSA) is 470 Å². The number of carbonyl (C=O) groups excluding carboxylic acids is 7. The monoisotopic (exact) mass is 1780 g/mol. The Balaban J connectivity index is 0.000000469. The summed E-state index contributed by atoms with van der Waals surface area (Å²) in [4.78, 5) is 93.1. The minimum Gasteiger partial charge on any atom is -0.453 e. The number of nitrogens with two attached hydrogens (primary N) is 3. The number of nitriles is 1. The lowest BCUT2D eigenvalue weighted by Crippen LogP contribution is -2.56. The number of alkyl carbamates (subject to hydrolysis) is 3. The number of nitrogens with zero attached hydrogens (tertiary/aromatic N) is 4. The molecule has 3 aromatic carbocycles.